The first-order chi connectivity index (χ1) is 12.4. The summed E-state index contributed by atoms with van der Waals surface area (Å²) in [4.78, 5) is 14.3. The second-order valence-corrected chi connectivity index (χ2v) is 5.99. The minimum absolute atomic E-state index is 0.106. The van der Waals surface area contributed by atoms with Crippen LogP contribution in [0.4, 0.5) is 5.69 Å². The molecular formula is C18H17BN2O5. The zero-order valence-corrected chi connectivity index (χ0v) is 14.2. The average molecular weight is 352 g/mol. The van der Waals surface area contributed by atoms with Crippen molar-refractivity contribution >= 4 is 35.5 Å². The minimum Gasteiger partial charge on any atom is -0.423 e. The van der Waals surface area contributed by atoms with E-state index in [1.165, 1.54) is 0 Å². The Balaban J connectivity index is 2.32. The number of nitrogens with zero attached hydrogens (tertiary/aromatic N) is 2. The molecule has 0 fully saturated rings. The van der Waals surface area contributed by atoms with Crippen LogP contribution in [0.1, 0.15) is 5.56 Å². The molecule has 0 saturated carbocycles. The van der Waals surface area contributed by atoms with E-state index >= 15 is 0 Å². The Morgan fingerprint density at radius 1 is 1.12 bits per heavy atom. The lowest BCUT2D eigenvalue weighted by atomic mass is 9.79. The number of oxime groups is 1. The second-order valence-electron chi connectivity index (χ2n) is 5.99. The van der Waals surface area contributed by atoms with Crippen LogP contribution in [0.5, 0.6) is 0 Å². The number of benzene rings is 2. The van der Waals surface area contributed by atoms with Crippen molar-refractivity contribution in [1.29, 1.82) is 0 Å². The van der Waals surface area contributed by atoms with Crippen LogP contribution < -0.4 is 16.0 Å². The van der Waals surface area contributed by atoms with Gasteiger partial charge >= 0.3 is 12.7 Å². The summed E-state index contributed by atoms with van der Waals surface area (Å²) in [5.74, 6) is 0. The van der Waals surface area contributed by atoms with E-state index in [4.69, 9.17) is 9.62 Å². The predicted molar refractivity (Wildman–Crippen MR) is 101 cm³/mol. The van der Waals surface area contributed by atoms with E-state index in [1.807, 2.05) is 31.1 Å². The van der Waals surface area contributed by atoms with Crippen molar-refractivity contribution in [3.05, 3.63) is 58.4 Å². The van der Waals surface area contributed by atoms with Gasteiger partial charge in [-0.1, -0.05) is 29.4 Å². The van der Waals surface area contributed by atoms with Crippen LogP contribution in [0.15, 0.2) is 56.8 Å². The van der Waals surface area contributed by atoms with Gasteiger partial charge in [-0.25, -0.2) is 4.79 Å². The molecule has 3 aromatic rings. The zero-order valence-electron chi connectivity index (χ0n) is 14.2. The van der Waals surface area contributed by atoms with E-state index in [2.05, 4.69) is 5.16 Å². The SMILES string of the molecule is CN(C)c1ccc2c(-c3ccc(B(O)O)cc3)c(/C=N/O)c(=O)oc2c1. The molecule has 0 radical (unpaired) electrons. The molecular weight excluding hydrogens is 335 g/mol. The maximum absolute atomic E-state index is 12.4. The Kier molecular flexibility index (Phi) is 4.79. The molecule has 2 aromatic carbocycles. The van der Waals surface area contributed by atoms with Gasteiger partial charge in [-0.2, -0.15) is 0 Å². The average Bonchev–Trinajstić information content (AvgIpc) is 2.62. The molecule has 1 heterocycles. The molecule has 132 valence electrons. The molecule has 3 N–H and O–H groups in total. The predicted octanol–water partition coefficient (Wildman–Crippen LogP) is 1.01. The van der Waals surface area contributed by atoms with Crippen LogP contribution in [-0.4, -0.2) is 42.7 Å². The molecule has 0 aliphatic carbocycles. The number of anilines is 1. The molecule has 0 bridgehead atoms. The third kappa shape index (κ3) is 3.20. The van der Waals surface area contributed by atoms with Gasteiger partial charge in [0.05, 0.1) is 11.8 Å². The van der Waals surface area contributed by atoms with E-state index < -0.39 is 12.7 Å². The lowest BCUT2D eigenvalue weighted by Crippen LogP contribution is -2.29. The molecule has 7 nitrogen and oxygen atoms in total. The molecule has 0 aliphatic heterocycles. The second kappa shape index (κ2) is 7.03. The fourth-order valence-electron chi connectivity index (χ4n) is 2.79. The highest BCUT2D eigenvalue weighted by Crippen LogP contribution is 2.31. The largest absolute Gasteiger partial charge is 0.488 e. The Morgan fingerprint density at radius 3 is 2.38 bits per heavy atom. The monoisotopic (exact) mass is 352 g/mol. The van der Waals surface area contributed by atoms with Crippen molar-refractivity contribution < 1.29 is 19.7 Å². The van der Waals surface area contributed by atoms with Gasteiger partial charge in [-0.3, -0.25) is 0 Å². The third-order valence-corrected chi connectivity index (χ3v) is 4.13. The minimum atomic E-state index is -1.58. The van der Waals surface area contributed by atoms with Gasteiger partial charge in [0.15, 0.2) is 0 Å². The van der Waals surface area contributed by atoms with E-state index in [9.17, 15) is 14.8 Å². The molecule has 0 aliphatic rings. The number of hydrogen-bond acceptors (Lipinski definition) is 7. The summed E-state index contributed by atoms with van der Waals surface area (Å²) < 4.78 is 5.40. The summed E-state index contributed by atoms with van der Waals surface area (Å²) in [6, 6.07) is 11.9. The van der Waals surface area contributed by atoms with Crippen molar-refractivity contribution in [2.45, 2.75) is 0 Å². The van der Waals surface area contributed by atoms with E-state index in [0.717, 1.165) is 11.9 Å². The molecule has 1 aromatic heterocycles. The van der Waals surface area contributed by atoms with Crippen LogP contribution in [-0.2, 0) is 0 Å². The quantitative estimate of drug-likeness (QED) is 0.213. The van der Waals surface area contributed by atoms with Crippen molar-refractivity contribution in [3.8, 4) is 11.1 Å². The summed E-state index contributed by atoms with van der Waals surface area (Å²) in [6.07, 6.45) is 1.04. The molecule has 0 atom stereocenters. The van der Waals surface area contributed by atoms with Gasteiger partial charge in [0, 0.05) is 36.8 Å². The maximum Gasteiger partial charge on any atom is 0.488 e. The van der Waals surface area contributed by atoms with Crippen molar-refractivity contribution in [1.82, 2.24) is 0 Å². The van der Waals surface area contributed by atoms with Crippen LogP contribution in [0.2, 0.25) is 0 Å². The normalized spacial score (nSPS) is 11.2. The summed E-state index contributed by atoms with van der Waals surface area (Å²) in [6.45, 7) is 0. The summed E-state index contributed by atoms with van der Waals surface area (Å²) in [5, 5.41) is 31.1. The van der Waals surface area contributed by atoms with Crippen LogP contribution in [0, 0.1) is 0 Å². The highest BCUT2D eigenvalue weighted by molar-refractivity contribution is 6.58. The van der Waals surface area contributed by atoms with E-state index in [1.54, 1.807) is 30.3 Å². The molecule has 8 heteroatoms. The molecule has 26 heavy (non-hydrogen) atoms. The molecule has 3 rings (SSSR count). The Hall–Kier alpha value is -3.10. The number of hydrogen-bond donors (Lipinski definition) is 3. The number of rotatable bonds is 4. The molecule has 0 amide bonds. The van der Waals surface area contributed by atoms with Gasteiger partial charge in [-0.15, -0.1) is 0 Å². The van der Waals surface area contributed by atoms with E-state index in [-0.39, 0.29) is 5.56 Å². The maximum atomic E-state index is 12.4. The Labute approximate surface area is 149 Å². The van der Waals surface area contributed by atoms with Crippen molar-refractivity contribution in [3.63, 3.8) is 0 Å². The summed E-state index contributed by atoms with van der Waals surface area (Å²) in [7, 11) is 2.18. The standard InChI is InChI=1S/C18H17BN2O5/c1-21(2)13-7-8-14-16(9-13)26-18(22)15(10-20-25)17(14)11-3-5-12(6-4-11)19(23)24/h3-10,23-25H,1-2H3/b20-10+. The lowest BCUT2D eigenvalue weighted by Gasteiger charge is -2.15. The summed E-state index contributed by atoms with van der Waals surface area (Å²) in [5.41, 5.74) is 2.26. The van der Waals surface area contributed by atoms with Gasteiger partial charge in [0.1, 0.15) is 5.58 Å². The Morgan fingerprint density at radius 2 is 1.81 bits per heavy atom. The fourth-order valence-corrected chi connectivity index (χ4v) is 2.79. The van der Waals surface area contributed by atoms with Crippen LogP contribution in [0.25, 0.3) is 22.1 Å². The highest BCUT2D eigenvalue weighted by Gasteiger charge is 2.17. The van der Waals surface area contributed by atoms with Crippen molar-refractivity contribution in [2.75, 3.05) is 19.0 Å². The smallest absolute Gasteiger partial charge is 0.423 e. The molecule has 0 saturated heterocycles. The zero-order chi connectivity index (χ0) is 18.8. The van der Waals surface area contributed by atoms with Crippen LogP contribution in [0.3, 0.4) is 0 Å². The first-order valence-electron chi connectivity index (χ1n) is 7.84. The number of fused-ring (bicyclic) bond motifs is 1. The first kappa shape index (κ1) is 17.7. The highest BCUT2D eigenvalue weighted by atomic mass is 16.4. The van der Waals surface area contributed by atoms with Gasteiger partial charge in [-0.05, 0) is 23.2 Å². The van der Waals surface area contributed by atoms with Gasteiger partial charge < -0.3 is 24.6 Å². The lowest BCUT2D eigenvalue weighted by molar-refractivity contribution is 0.321. The topological polar surface area (TPSA) is 107 Å². The Bertz CT molecular complexity index is 1030. The molecule has 0 unspecified atom stereocenters. The van der Waals surface area contributed by atoms with Crippen LogP contribution >= 0.6 is 0 Å². The molecule has 0 spiro atoms. The van der Waals surface area contributed by atoms with Gasteiger partial charge in [0.2, 0.25) is 0 Å². The van der Waals surface area contributed by atoms with Gasteiger partial charge in [0.25, 0.3) is 0 Å². The van der Waals surface area contributed by atoms with Crippen molar-refractivity contribution in [2.24, 2.45) is 5.16 Å². The van der Waals surface area contributed by atoms with E-state index in [0.29, 0.717) is 27.6 Å². The first-order valence-corrected chi connectivity index (χ1v) is 7.84. The summed E-state index contributed by atoms with van der Waals surface area (Å²) >= 11 is 0. The fraction of sp³-hybridized carbons (Fsp3) is 0.111. The third-order valence-electron chi connectivity index (χ3n) is 4.13.